The van der Waals surface area contributed by atoms with Crippen molar-refractivity contribution in [3.8, 4) is 0 Å². The third-order valence-electron chi connectivity index (χ3n) is 3.95. The summed E-state index contributed by atoms with van der Waals surface area (Å²) in [5.41, 5.74) is 2.66. The van der Waals surface area contributed by atoms with Crippen LogP contribution in [-0.4, -0.2) is 35.1 Å². The Hall–Kier alpha value is -2.08. The Kier molecular flexibility index (Phi) is 3.79. The zero-order chi connectivity index (χ0) is 14.8. The van der Waals surface area contributed by atoms with Crippen LogP contribution in [0.15, 0.2) is 27.5 Å². The number of nitrogens with one attached hydrogen (secondary N) is 1. The van der Waals surface area contributed by atoms with Crippen LogP contribution in [0.2, 0.25) is 0 Å². The van der Waals surface area contributed by atoms with Gasteiger partial charge in [0.15, 0.2) is 0 Å². The van der Waals surface area contributed by atoms with Gasteiger partial charge in [-0.2, -0.15) is 0 Å². The SMILES string of the molecule is Cc1noc(C)c1CN1CCC(NC(=O)c2ccoc2)C1. The normalized spacial score (nSPS) is 19.0. The van der Waals surface area contributed by atoms with Crippen molar-refractivity contribution in [2.24, 2.45) is 0 Å². The molecule has 0 aliphatic carbocycles. The van der Waals surface area contributed by atoms with Crippen LogP contribution in [0.1, 0.15) is 33.8 Å². The molecule has 21 heavy (non-hydrogen) atoms. The summed E-state index contributed by atoms with van der Waals surface area (Å²) in [4.78, 5) is 14.3. The monoisotopic (exact) mass is 289 g/mol. The number of nitrogens with zero attached hydrogens (tertiary/aromatic N) is 2. The maximum atomic E-state index is 12.0. The minimum absolute atomic E-state index is 0.0760. The average molecular weight is 289 g/mol. The summed E-state index contributed by atoms with van der Waals surface area (Å²) < 4.78 is 10.1. The van der Waals surface area contributed by atoms with Crippen LogP contribution in [0.25, 0.3) is 0 Å². The average Bonchev–Trinajstić information content (AvgIpc) is 3.17. The molecule has 0 aromatic carbocycles. The molecule has 1 atom stereocenters. The third-order valence-corrected chi connectivity index (χ3v) is 3.95. The minimum atomic E-state index is -0.0760. The Balaban J connectivity index is 1.55. The molecular weight excluding hydrogens is 270 g/mol. The lowest BCUT2D eigenvalue weighted by molar-refractivity contribution is 0.0937. The molecule has 1 aliphatic heterocycles. The molecule has 1 N–H and O–H groups in total. The third kappa shape index (κ3) is 3.00. The van der Waals surface area contributed by atoms with Gasteiger partial charge in [0.2, 0.25) is 0 Å². The fourth-order valence-corrected chi connectivity index (χ4v) is 2.71. The van der Waals surface area contributed by atoms with E-state index in [9.17, 15) is 4.79 Å². The van der Waals surface area contributed by atoms with E-state index >= 15 is 0 Å². The molecule has 1 aliphatic rings. The van der Waals surface area contributed by atoms with E-state index in [0.29, 0.717) is 5.56 Å². The Morgan fingerprint density at radius 1 is 1.52 bits per heavy atom. The molecule has 3 rings (SSSR count). The number of amides is 1. The van der Waals surface area contributed by atoms with Crippen molar-refractivity contribution < 1.29 is 13.7 Å². The van der Waals surface area contributed by atoms with Gasteiger partial charge in [-0.15, -0.1) is 0 Å². The number of likely N-dealkylation sites (tertiary alicyclic amines) is 1. The van der Waals surface area contributed by atoms with E-state index in [-0.39, 0.29) is 11.9 Å². The van der Waals surface area contributed by atoms with Crippen LogP contribution in [0.4, 0.5) is 0 Å². The molecule has 1 saturated heterocycles. The molecular formula is C15H19N3O3. The smallest absolute Gasteiger partial charge is 0.254 e. The molecule has 0 bridgehead atoms. The summed E-state index contributed by atoms with van der Waals surface area (Å²) in [6.45, 7) is 6.51. The lowest BCUT2D eigenvalue weighted by atomic mass is 10.2. The van der Waals surface area contributed by atoms with Crippen molar-refractivity contribution >= 4 is 5.91 Å². The molecule has 1 unspecified atom stereocenters. The Morgan fingerprint density at radius 3 is 3.05 bits per heavy atom. The van der Waals surface area contributed by atoms with E-state index in [4.69, 9.17) is 8.94 Å². The number of carbonyl (C=O) groups excluding carboxylic acids is 1. The predicted octanol–water partition coefficient (Wildman–Crippen LogP) is 1.89. The fourth-order valence-electron chi connectivity index (χ4n) is 2.71. The van der Waals surface area contributed by atoms with Gasteiger partial charge in [0.05, 0.1) is 17.5 Å². The van der Waals surface area contributed by atoms with Crippen molar-refractivity contribution in [2.45, 2.75) is 32.9 Å². The predicted molar refractivity (Wildman–Crippen MR) is 75.8 cm³/mol. The van der Waals surface area contributed by atoms with E-state index in [1.807, 2.05) is 13.8 Å². The lowest BCUT2D eigenvalue weighted by Crippen LogP contribution is -2.36. The second kappa shape index (κ2) is 5.73. The summed E-state index contributed by atoms with van der Waals surface area (Å²) >= 11 is 0. The maximum Gasteiger partial charge on any atom is 0.254 e. The zero-order valence-electron chi connectivity index (χ0n) is 12.3. The van der Waals surface area contributed by atoms with E-state index < -0.39 is 0 Å². The summed E-state index contributed by atoms with van der Waals surface area (Å²) in [7, 11) is 0. The van der Waals surface area contributed by atoms with Crippen molar-refractivity contribution in [1.82, 2.24) is 15.4 Å². The summed E-state index contributed by atoms with van der Waals surface area (Å²) in [6.07, 6.45) is 3.92. The number of hydrogen-bond acceptors (Lipinski definition) is 5. The van der Waals surface area contributed by atoms with Gasteiger partial charge in [-0.1, -0.05) is 5.16 Å². The number of rotatable bonds is 4. The van der Waals surface area contributed by atoms with Gasteiger partial charge in [-0.05, 0) is 26.3 Å². The summed E-state index contributed by atoms with van der Waals surface area (Å²) in [6, 6.07) is 1.85. The molecule has 112 valence electrons. The Labute approximate surface area is 123 Å². The number of furan rings is 1. The first kappa shape index (κ1) is 13.9. The summed E-state index contributed by atoms with van der Waals surface area (Å²) in [5, 5.41) is 7.02. The van der Waals surface area contributed by atoms with Gasteiger partial charge in [-0.3, -0.25) is 9.69 Å². The second-order valence-corrected chi connectivity index (χ2v) is 5.51. The van der Waals surface area contributed by atoms with Crippen molar-refractivity contribution in [3.63, 3.8) is 0 Å². The van der Waals surface area contributed by atoms with Crippen LogP contribution in [0.3, 0.4) is 0 Å². The van der Waals surface area contributed by atoms with Crippen LogP contribution in [-0.2, 0) is 6.54 Å². The van der Waals surface area contributed by atoms with Crippen LogP contribution >= 0.6 is 0 Å². The van der Waals surface area contributed by atoms with E-state index in [1.54, 1.807) is 6.07 Å². The first-order valence-electron chi connectivity index (χ1n) is 7.10. The Morgan fingerprint density at radius 2 is 2.38 bits per heavy atom. The molecule has 6 heteroatoms. The van der Waals surface area contributed by atoms with Crippen LogP contribution in [0.5, 0.6) is 0 Å². The number of aryl methyl sites for hydroxylation is 2. The van der Waals surface area contributed by atoms with E-state index in [0.717, 1.165) is 43.1 Å². The van der Waals surface area contributed by atoms with Crippen LogP contribution < -0.4 is 5.32 Å². The van der Waals surface area contributed by atoms with Gasteiger partial charge >= 0.3 is 0 Å². The first-order valence-corrected chi connectivity index (χ1v) is 7.10. The molecule has 3 heterocycles. The Bertz CT molecular complexity index is 599. The molecule has 2 aromatic rings. The van der Waals surface area contributed by atoms with Crippen molar-refractivity contribution in [2.75, 3.05) is 13.1 Å². The highest BCUT2D eigenvalue weighted by Gasteiger charge is 2.26. The maximum absolute atomic E-state index is 12.0. The quantitative estimate of drug-likeness (QED) is 0.930. The van der Waals surface area contributed by atoms with E-state index in [2.05, 4.69) is 15.4 Å². The molecule has 0 spiro atoms. The fraction of sp³-hybridized carbons (Fsp3) is 0.467. The van der Waals surface area contributed by atoms with Crippen molar-refractivity contribution in [3.05, 3.63) is 41.2 Å². The van der Waals surface area contributed by atoms with Gasteiger partial charge in [-0.25, -0.2) is 0 Å². The minimum Gasteiger partial charge on any atom is -0.472 e. The topological polar surface area (TPSA) is 71.5 Å². The molecule has 1 amide bonds. The van der Waals surface area contributed by atoms with Crippen LogP contribution in [0, 0.1) is 13.8 Å². The first-order chi connectivity index (χ1) is 10.1. The standard InChI is InChI=1S/C15H19N3O3/c1-10-14(11(2)21-17-10)8-18-5-3-13(7-18)16-15(19)12-4-6-20-9-12/h4,6,9,13H,3,5,7-8H2,1-2H3,(H,16,19). The van der Waals surface area contributed by atoms with Crippen molar-refractivity contribution in [1.29, 1.82) is 0 Å². The van der Waals surface area contributed by atoms with Gasteiger partial charge in [0.1, 0.15) is 12.0 Å². The van der Waals surface area contributed by atoms with Gasteiger partial charge < -0.3 is 14.3 Å². The molecule has 1 fully saturated rings. The highest BCUT2D eigenvalue weighted by Crippen LogP contribution is 2.19. The molecule has 0 saturated carbocycles. The highest BCUT2D eigenvalue weighted by atomic mass is 16.5. The molecule has 6 nitrogen and oxygen atoms in total. The number of carbonyl (C=O) groups is 1. The number of hydrogen-bond donors (Lipinski definition) is 1. The largest absolute Gasteiger partial charge is 0.472 e. The second-order valence-electron chi connectivity index (χ2n) is 5.51. The van der Waals surface area contributed by atoms with E-state index in [1.165, 1.54) is 12.5 Å². The molecule has 0 radical (unpaired) electrons. The van der Waals surface area contributed by atoms with Gasteiger partial charge in [0, 0.05) is 31.2 Å². The highest BCUT2D eigenvalue weighted by molar-refractivity contribution is 5.93. The molecule has 2 aromatic heterocycles. The zero-order valence-corrected chi connectivity index (χ0v) is 12.3. The number of aromatic nitrogens is 1. The lowest BCUT2D eigenvalue weighted by Gasteiger charge is -2.16. The summed E-state index contributed by atoms with van der Waals surface area (Å²) in [5.74, 6) is 0.798. The van der Waals surface area contributed by atoms with Gasteiger partial charge in [0.25, 0.3) is 5.91 Å².